The summed E-state index contributed by atoms with van der Waals surface area (Å²) < 4.78 is 46.3. The number of alkyl halides is 3. The van der Waals surface area contributed by atoms with Crippen LogP contribution in [0.15, 0.2) is 18.2 Å². The van der Waals surface area contributed by atoms with Crippen molar-refractivity contribution in [2.24, 2.45) is 5.73 Å². The first-order chi connectivity index (χ1) is 11.4. The minimum absolute atomic E-state index is 0.00365. The van der Waals surface area contributed by atoms with Crippen molar-refractivity contribution in [3.05, 3.63) is 29.3 Å². The lowest BCUT2D eigenvalue weighted by Crippen LogP contribution is -2.42. The van der Waals surface area contributed by atoms with Gasteiger partial charge in [-0.25, -0.2) is 4.79 Å². The Morgan fingerprint density at radius 2 is 1.96 bits per heavy atom. The number of nitrogens with two attached hydrogens (primary N) is 1. The van der Waals surface area contributed by atoms with Crippen molar-refractivity contribution in [2.45, 2.75) is 12.9 Å². The number of hydrogen-bond donors (Lipinski definition) is 2. The van der Waals surface area contributed by atoms with Crippen molar-refractivity contribution in [3.63, 3.8) is 0 Å². The van der Waals surface area contributed by atoms with Crippen molar-refractivity contribution < 1.29 is 27.4 Å². The number of ether oxygens (including phenoxy) is 2. The van der Waals surface area contributed by atoms with Gasteiger partial charge < -0.3 is 20.5 Å². The van der Waals surface area contributed by atoms with Crippen molar-refractivity contribution in [2.75, 3.05) is 39.3 Å². The quantitative estimate of drug-likeness (QED) is 0.751. The molecular weight excluding hydrogens is 327 g/mol. The van der Waals surface area contributed by atoms with Gasteiger partial charge in [-0.1, -0.05) is 0 Å². The predicted molar refractivity (Wildman–Crippen MR) is 80.6 cm³/mol. The molecule has 2 rings (SSSR count). The number of piperazine rings is 1. The fourth-order valence-electron chi connectivity index (χ4n) is 2.42. The van der Waals surface area contributed by atoms with Crippen LogP contribution in [0, 0.1) is 0 Å². The zero-order valence-electron chi connectivity index (χ0n) is 13.1. The van der Waals surface area contributed by atoms with Crippen LogP contribution in [0.3, 0.4) is 0 Å². The SMILES string of the molecule is NCCOC(=O)c1cc(CN2CCNCC2)cc(OC(F)(F)F)c1. The van der Waals surface area contributed by atoms with Gasteiger partial charge in [-0.15, -0.1) is 13.2 Å². The number of benzene rings is 1. The van der Waals surface area contributed by atoms with Gasteiger partial charge in [0.15, 0.2) is 0 Å². The number of carbonyl (C=O) groups excluding carboxylic acids is 1. The fourth-order valence-corrected chi connectivity index (χ4v) is 2.42. The first kappa shape index (κ1) is 18.5. The topological polar surface area (TPSA) is 76.8 Å². The molecule has 0 amide bonds. The minimum Gasteiger partial charge on any atom is -0.461 e. The molecule has 0 radical (unpaired) electrons. The number of nitrogens with one attached hydrogen (secondary N) is 1. The number of nitrogens with zero attached hydrogens (tertiary/aromatic N) is 1. The molecule has 0 atom stereocenters. The Morgan fingerprint density at radius 1 is 1.25 bits per heavy atom. The summed E-state index contributed by atoms with van der Waals surface area (Å²) in [6, 6.07) is 3.83. The summed E-state index contributed by atoms with van der Waals surface area (Å²) in [5.74, 6) is -1.16. The highest BCUT2D eigenvalue weighted by molar-refractivity contribution is 5.90. The van der Waals surface area contributed by atoms with E-state index in [1.165, 1.54) is 12.1 Å². The number of carbonyl (C=O) groups is 1. The summed E-state index contributed by atoms with van der Waals surface area (Å²) in [6.45, 7) is 3.73. The second-order valence-electron chi connectivity index (χ2n) is 5.36. The normalized spacial score (nSPS) is 16.0. The van der Waals surface area contributed by atoms with Gasteiger partial charge >= 0.3 is 12.3 Å². The zero-order valence-corrected chi connectivity index (χ0v) is 13.1. The van der Waals surface area contributed by atoms with Crippen LogP contribution in [-0.4, -0.2) is 56.6 Å². The number of halogens is 3. The predicted octanol–water partition coefficient (Wildman–Crippen LogP) is 1.11. The Balaban J connectivity index is 2.20. The average Bonchev–Trinajstić information content (AvgIpc) is 2.51. The molecule has 6 nitrogen and oxygen atoms in total. The molecule has 0 aromatic heterocycles. The molecule has 24 heavy (non-hydrogen) atoms. The molecule has 0 saturated carbocycles. The molecule has 0 unspecified atom stereocenters. The third-order valence-corrected chi connectivity index (χ3v) is 3.40. The molecule has 0 bridgehead atoms. The van der Waals surface area contributed by atoms with Crippen molar-refractivity contribution in [1.29, 1.82) is 0 Å². The Hall–Kier alpha value is -1.84. The number of hydrogen-bond acceptors (Lipinski definition) is 6. The smallest absolute Gasteiger partial charge is 0.461 e. The van der Waals surface area contributed by atoms with Crippen LogP contribution in [0.2, 0.25) is 0 Å². The van der Waals surface area contributed by atoms with Crippen LogP contribution < -0.4 is 15.8 Å². The van der Waals surface area contributed by atoms with Gasteiger partial charge in [0.2, 0.25) is 0 Å². The molecule has 1 aliphatic heterocycles. The molecule has 134 valence electrons. The van der Waals surface area contributed by atoms with Crippen molar-refractivity contribution in [1.82, 2.24) is 10.2 Å². The van der Waals surface area contributed by atoms with Gasteiger partial charge in [0.05, 0.1) is 5.56 Å². The maximum absolute atomic E-state index is 12.5. The lowest BCUT2D eigenvalue weighted by Gasteiger charge is -2.27. The summed E-state index contributed by atoms with van der Waals surface area (Å²) in [7, 11) is 0. The van der Waals surface area contributed by atoms with Gasteiger partial charge in [-0.05, 0) is 23.8 Å². The molecule has 1 saturated heterocycles. The van der Waals surface area contributed by atoms with Crippen molar-refractivity contribution in [3.8, 4) is 5.75 Å². The first-order valence-electron chi connectivity index (χ1n) is 7.57. The van der Waals surface area contributed by atoms with Gasteiger partial charge in [0, 0.05) is 39.3 Å². The highest BCUT2D eigenvalue weighted by Crippen LogP contribution is 2.26. The average molecular weight is 347 g/mol. The molecule has 1 aromatic rings. The highest BCUT2D eigenvalue weighted by atomic mass is 19.4. The van der Waals surface area contributed by atoms with Crippen LogP contribution in [0.5, 0.6) is 5.75 Å². The van der Waals surface area contributed by atoms with Crippen LogP contribution in [0.1, 0.15) is 15.9 Å². The molecule has 1 fully saturated rings. The summed E-state index contributed by atoms with van der Waals surface area (Å²) in [5, 5.41) is 3.19. The summed E-state index contributed by atoms with van der Waals surface area (Å²) in [4.78, 5) is 14.0. The van der Waals surface area contributed by atoms with Crippen LogP contribution in [-0.2, 0) is 11.3 Å². The lowest BCUT2D eigenvalue weighted by atomic mass is 10.1. The van der Waals surface area contributed by atoms with Crippen LogP contribution in [0.25, 0.3) is 0 Å². The molecule has 9 heteroatoms. The molecule has 1 aromatic carbocycles. The van der Waals surface area contributed by atoms with E-state index in [1.54, 1.807) is 0 Å². The second-order valence-corrected chi connectivity index (χ2v) is 5.36. The third-order valence-electron chi connectivity index (χ3n) is 3.40. The van der Waals surface area contributed by atoms with E-state index in [0.717, 1.165) is 32.2 Å². The number of esters is 1. The standard InChI is InChI=1S/C15H20F3N3O3/c16-15(17,18)24-13-8-11(10-21-4-2-20-3-5-21)7-12(9-13)14(22)23-6-1-19/h7-9,20H,1-6,10,19H2. The Labute approximate surface area is 137 Å². The molecule has 1 heterocycles. The van der Waals surface area contributed by atoms with Crippen LogP contribution >= 0.6 is 0 Å². The third kappa shape index (κ3) is 5.99. The van der Waals surface area contributed by atoms with E-state index in [2.05, 4.69) is 15.0 Å². The van der Waals surface area contributed by atoms with Gasteiger partial charge in [0.1, 0.15) is 12.4 Å². The molecular formula is C15H20F3N3O3. The molecule has 1 aliphatic rings. The van der Waals surface area contributed by atoms with Crippen molar-refractivity contribution >= 4 is 5.97 Å². The Kier molecular flexibility index (Phi) is 6.41. The van der Waals surface area contributed by atoms with Gasteiger partial charge in [-0.3, -0.25) is 4.90 Å². The molecule has 0 aliphatic carbocycles. The monoisotopic (exact) mass is 347 g/mol. The Bertz CT molecular complexity index is 561. The molecule has 3 N–H and O–H groups in total. The van der Waals surface area contributed by atoms with E-state index in [0.29, 0.717) is 12.1 Å². The van der Waals surface area contributed by atoms with E-state index in [4.69, 9.17) is 10.5 Å². The largest absolute Gasteiger partial charge is 0.573 e. The summed E-state index contributed by atoms with van der Waals surface area (Å²) >= 11 is 0. The number of rotatable bonds is 6. The fraction of sp³-hybridized carbons (Fsp3) is 0.533. The molecule has 0 spiro atoms. The second kappa shape index (κ2) is 8.32. The zero-order chi connectivity index (χ0) is 17.6. The van der Waals surface area contributed by atoms with E-state index in [-0.39, 0.29) is 18.7 Å². The van der Waals surface area contributed by atoms with E-state index in [9.17, 15) is 18.0 Å². The maximum Gasteiger partial charge on any atom is 0.573 e. The minimum atomic E-state index is -4.83. The van der Waals surface area contributed by atoms with E-state index in [1.807, 2.05) is 0 Å². The van der Waals surface area contributed by atoms with Gasteiger partial charge in [0.25, 0.3) is 0 Å². The lowest BCUT2D eigenvalue weighted by molar-refractivity contribution is -0.274. The first-order valence-corrected chi connectivity index (χ1v) is 7.57. The summed E-state index contributed by atoms with van der Waals surface area (Å²) in [6.07, 6.45) is -4.83. The van der Waals surface area contributed by atoms with E-state index < -0.39 is 18.1 Å². The van der Waals surface area contributed by atoms with Crippen LogP contribution in [0.4, 0.5) is 13.2 Å². The van der Waals surface area contributed by atoms with E-state index >= 15 is 0 Å². The highest BCUT2D eigenvalue weighted by Gasteiger charge is 2.31. The Morgan fingerprint density at radius 3 is 2.58 bits per heavy atom. The maximum atomic E-state index is 12.5. The van der Waals surface area contributed by atoms with Gasteiger partial charge in [-0.2, -0.15) is 0 Å². The summed E-state index contributed by atoms with van der Waals surface area (Å²) in [5.41, 5.74) is 5.82.